The largest absolute Gasteiger partial charge is 1.00 e. The second-order valence-corrected chi connectivity index (χ2v) is 4.47. The Morgan fingerprint density at radius 1 is 1.38 bits per heavy atom. The van der Waals surface area contributed by atoms with Gasteiger partial charge in [0.05, 0.1) is 18.3 Å². The van der Waals surface area contributed by atoms with E-state index in [9.17, 15) is 18.3 Å². The first-order valence-electron chi connectivity index (χ1n) is 4.25. The van der Waals surface area contributed by atoms with E-state index in [0.29, 0.717) is 6.42 Å². The molecule has 0 unspecified atom stereocenters. The van der Waals surface area contributed by atoms with Gasteiger partial charge >= 0.3 is 51.4 Å². The third-order valence-corrected chi connectivity index (χ3v) is 2.22. The summed E-state index contributed by atoms with van der Waals surface area (Å²) in [5.41, 5.74) is -0.0200. The van der Waals surface area contributed by atoms with E-state index in [1.165, 1.54) is 0 Å². The first-order valence-corrected chi connectivity index (χ1v) is 5.86. The number of rotatable bonds is 8. The molecule has 0 rings (SSSR count). The summed E-state index contributed by atoms with van der Waals surface area (Å²) in [6, 6.07) is 0. The van der Waals surface area contributed by atoms with Gasteiger partial charge in [-0.05, 0) is 18.4 Å². The van der Waals surface area contributed by atoms with Crippen LogP contribution in [0.5, 0.6) is 0 Å². The Morgan fingerprint density at radius 2 is 1.94 bits per heavy atom. The maximum absolute atomic E-state index is 10.2. The fraction of sp³-hybridized carbons (Fsp3) is 0.625. The minimum absolute atomic E-state index is 0. The molecule has 0 fully saturated rings. The fourth-order valence-electron chi connectivity index (χ4n) is 0.756. The number of hydrogen-bond acceptors (Lipinski definition) is 5. The molecule has 0 aliphatic carbocycles. The maximum Gasteiger partial charge on any atom is 1.00 e. The molecule has 0 aromatic carbocycles. The third-order valence-electron chi connectivity index (χ3n) is 1.54. The van der Waals surface area contributed by atoms with Crippen LogP contribution in [0.15, 0.2) is 12.2 Å². The topological polar surface area (TPSA) is 104 Å². The van der Waals surface area contributed by atoms with E-state index in [0.717, 1.165) is 0 Å². The van der Waals surface area contributed by atoms with Gasteiger partial charge in [-0.3, -0.25) is 4.55 Å². The molecule has 16 heavy (non-hydrogen) atoms. The van der Waals surface area contributed by atoms with E-state index in [-0.39, 0.29) is 76.6 Å². The Labute approximate surface area is 137 Å². The molecular formula is C8H13KO6S. The molecule has 6 nitrogen and oxygen atoms in total. The molecule has 8 heteroatoms. The van der Waals surface area contributed by atoms with Gasteiger partial charge in [0.2, 0.25) is 0 Å². The molecule has 0 aromatic rings. The van der Waals surface area contributed by atoms with E-state index in [1.807, 2.05) is 0 Å². The summed E-state index contributed by atoms with van der Waals surface area (Å²) in [5, 5.41) is 10.2. The van der Waals surface area contributed by atoms with Gasteiger partial charge in [0.15, 0.2) is 0 Å². The van der Waals surface area contributed by atoms with Crippen molar-refractivity contribution in [2.75, 3.05) is 19.0 Å². The molecule has 0 atom stereocenters. The van der Waals surface area contributed by atoms with Crippen LogP contribution in [0.25, 0.3) is 0 Å². The smallest absolute Gasteiger partial charge is 0.545 e. The zero-order valence-electron chi connectivity index (χ0n) is 9.14. The Kier molecular flexibility index (Phi) is 11.6. The van der Waals surface area contributed by atoms with Crippen molar-refractivity contribution in [2.45, 2.75) is 12.8 Å². The summed E-state index contributed by atoms with van der Waals surface area (Å²) < 4.78 is 33.6. The maximum atomic E-state index is 10.2. The number of hydrogen-bond donors (Lipinski definition) is 1. The summed E-state index contributed by atoms with van der Waals surface area (Å²) in [6.45, 7) is 3.35. The molecular weight excluding hydrogens is 263 g/mol. The van der Waals surface area contributed by atoms with Crippen molar-refractivity contribution in [1.29, 1.82) is 0 Å². The molecule has 0 spiro atoms. The van der Waals surface area contributed by atoms with Gasteiger partial charge in [0.25, 0.3) is 10.1 Å². The Balaban J connectivity index is 0. The van der Waals surface area contributed by atoms with Crippen molar-refractivity contribution >= 4 is 16.1 Å². The van der Waals surface area contributed by atoms with E-state index >= 15 is 0 Å². The molecule has 1 N–H and O–H groups in total. The van der Waals surface area contributed by atoms with Crippen LogP contribution in [-0.2, 0) is 19.6 Å². The van der Waals surface area contributed by atoms with Gasteiger partial charge < -0.3 is 14.6 Å². The number of carboxylic acid groups (broad SMARTS) is 1. The molecule has 0 bridgehead atoms. The van der Waals surface area contributed by atoms with Gasteiger partial charge in [-0.15, -0.1) is 0 Å². The quantitative estimate of drug-likeness (QED) is 0.210. The first-order chi connectivity index (χ1) is 6.83. The number of ether oxygens (including phenoxy) is 1. The van der Waals surface area contributed by atoms with Crippen LogP contribution in [0.1, 0.15) is 12.8 Å². The summed E-state index contributed by atoms with van der Waals surface area (Å²) in [7, 11) is -3.99. The number of aliphatic carboxylic acids is 1. The predicted molar refractivity (Wildman–Crippen MR) is 50.6 cm³/mol. The Bertz CT molecular complexity index is 323. The van der Waals surface area contributed by atoms with Crippen molar-refractivity contribution in [3.63, 3.8) is 0 Å². The average Bonchev–Trinajstić information content (AvgIpc) is 2.08. The molecule has 0 heterocycles. The summed E-state index contributed by atoms with van der Waals surface area (Å²) in [5.74, 6) is -1.76. The Hall–Kier alpha value is 0.716. The molecule has 0 aromatic heterocycles. The standard InChI is InChI=1S/C8H14O6S.K/c1-7(8(9)10)3-2-4-14-5-6-15(11,12)13;/h1-6H2,(H,9,10)(H,11,12,13);/q;+1/p-1. The molecule has 0 saturated carbocycles. The molecule has 0 radical (unpaired) electrons. The van der Waals surface area contributed by atoms with Crippen molar-refractivity contribution in [1.82, 2.24) is 0 Å². The Morgan fingerprint density at radius 3 is 2.38 bits per heavy atom. The van der Waals surface area contributed by atoms with E-state index in [2.05, 4.69) is 6.58 Å². The van der Waals surface area contributed by atoms with E-state index in [4.69, 9.17) is 9.29 Å². The van der Waals surface area contributed by atoms with Crippen LogP contribution >= 0.6 is 0 Å². The van der Waals surface area contributed by atoms with E-state index < -0.39 is 21.8 Å². The van der Waals surface area contributed by atoms with Crippen molar-refractivity contribution in [2.24, 2.45) is 0 Å². The third kappa shape index (κ3) is 12.8. The van der Waals surface area contributed by atoms with Crippen molar-refractivity contribution < 1.29 is 79.0 Å². The molecule has 0 aliphatic rings. The van der Waals surface area contributed by atoms with Gasteiger partial charge in [-0.1, -0.05) is 6.58 Å². The van der Waals surface area contributed by atoms with Gasteiger partial charge in [-0.2, -0.15) is 8.42 Å². The zero-order valence-corrected chi connectivity index (χ0v) is 13.1. The van der Waals surface area contributed by atoms with E-state index in [1.54, 1.807) is 0 Å². The average molecular weight is 276 g/mol. The van der Waals surface area contributed by atoms with Gasteiger partial charge in [0, 0.05) is 6.61 Å². The number of carboxylic acids is 1. The normalized spacial score (nSPS) is 10.6. The first kappa shape index (κ1) is 19.1. The molecule has 0 amide bonds. The second kappa shape index (κ2) is 9.72. The van der Waals surface area contributed by atoms with Crippen LogP contribution < -0.4 is 56.5 Å². The minimum Gasteiger partial charge on any atom is -0.545 e. The zero-order chi connectivity index (χ0) is 11.9. The monoisotopic (exact) mass is 276 g/mol. The van der Waals surface area contributed by atoms with Gasteiger partial charge in [-0.25, -0.2) is 0 Å². The molecule has 0 saturated heterocycles. The second-order valence-electron chi connectivity index (χ2n) is 2.89. The van der Waals surface area contributed by atoms with Gasteiger partial charge in [0.1, 0.15) is 0 Å². The van der Waals surface area contributed by atoms with Crippen LogP contribution in [-0.4, -0.2) is 37.9 Å². The SMILES string of the molecule is C=C(CCCOCCS(=O)(=O)O)C(=O)[O-].[K+]. The fourth-order valence-corrected chi connectivity index (χ4v) is 1.08. The van der Waals surface area contributed by atoms with Crippen LogP contribution in [0.2, 0.25) is 0 Å². The van der Waals surface area contributed by atoms with Crippen LogP contribution in [0, 0.1) is 0 Å². The summed E-state index contributed by atoms with van der Waals surface area (Å²) >= 11 is 0. The van der Waals surface area contributed by atoms with Crippen molar-refractivity contribution in [3.05, 3.63) is 12.2 Å². The van der Waals surface area contributed by atoms with Crippen molar-refractivity contribution in [3.8, 4) is 0 Å². The summed E-state index contributed by atoms with van der Waals surface area (Å²) in [4.78, 5) is 10.2. The number of carbonyl (C=O) groups is 1. The van der Waals surface area contributed by atoms with Crippen LogP contribution in [0.3, 0.4) is 0 Å². The predicted octanol–water partition coefficient (Wildman–Crippen LogP) is -4.02. The molecule has 0 aliphatic heterocycles. The molecule has 88 valence electrons. The summed E-state index contributed by atoms with van der Waals surface area (Å²) in [6.07, 6.45) is 0.645. The minimum atomic E-state index is -3.99. The number of carbonyl (C=O) groups excluding carboxylic acids is 1. The van der Waals surface area contributed by atoms with Crippen LogP contribution in [0.4, 0.5) is 0 Å².